The zero-order valence-corrected chi connectivity index (χ0v) is 8.03. The van der Waals surface area contributed by atoms with Crippen LogP contribution in [0, 0.1) is 6.07 Å². The van der Waals surface area contributed by atoms with Gasteiger partial charge in [-0.2, -0.15) is 0 Å². The molecule has 69 valence electrons. The van der Waals surface area contributed by atoms with Gasteiger partial charge in [0, 0.05) is 5.56 Å². The van der Waals surface area contributed by atoms with Crippen molar-refractivity contribution in [2.75, 3.05) is 7.11 Å². The maximum Gasteiger partial charge on any atom is 0.126 e. The third-order valence-corrected chi connectivity index (χ3v) is 2.13. The van der Waals surface area contributed by atoms with Crippen LogP contribution in [0.2, 0.25) is 0 Å². The summed E-state index contributed by atoms with van der Waals surface area (Å²) >= 11 is 0. The molecule has 0 heterocycles. The normalized spacial score (nSPS) is 9.79. The van der Waals surface area contributed by atoms with Crippen molar-refractivity contribution in [1.82, 2.24) is 0 Å². The Morgan fingerprint density at radius 3 is 2.64 bits per heavy atom. The highest BCUT2D eigenvalue weighted by atomic mass is 16.5. The lowest BCUT2D eigenvalue weighted by molar-refractivity contribution is 0.416. The molecule has 0 unspecified atom stereocenters. The van der Waals surface area contributed by atoms with Gasteiger partial charge >= 0.3 is 0 Å². The lowest BCUT2D eigenvalue weighted by Gasteiger charge is -2.07. The predicted molar refractivity (Wildman–Crippen MR) is 57.3 cm³/mol. The summed E-state index contributed by atoms with van der Waals surface area (Å²) in [6.45, 7) is 0. The molecule has 0 aliphatic rings. The summed E-state index contributed by atoms with van der Waals surface area (Å²) in [4.78, 5) is 0. The minimum absolute atomic E-state index is 0.895. The molecule has 2 aromatic carbocycles. The summed E-state index contributed by atoms with van der Waals surface area (Å²) in [7, 11) is 1.69. The van der Waals surface area contributed by atoms with Crippen LogP contribution < -0.4 is 4.74 Å². The third kappa shape index (κ3) is 1.62. The fourth-order valence-electron chi connectivity index (χ4n) is 1.44. The van der Waals surface area contributed by atoms with Crippen molar-refractivity contribution in [3.05, 3.63) is 54.6 Å². The Morgan fingerprint density at radius 2 is 1.93 bits per heavy atom. The minimum atomic E-state index is 0.895. The smallest absolute Gasteiger partial charge is 0.126 e. The van der Waals surface area contributed by atoms with Crippen molar-refractivity contribution < 1.29 is 4.74 Å². The Hall–Kier alpha value is -1.76. The van der Waals surface area contributed by atoms with E-state index in [0.717, 1.165) is 16.9 Å². The average Bonchev–Trinajstić information content (AvgIpc) is 2.30. The standard InChI is InChI=1S/C13H11O/c1-14-13-10-6-5-9-12(13)11-7-3-2-4-8-11/h2-3,5-10H,1H3. The molecule has 1 heteroatoms. The predicted octanol–water partition coefficient (Wildman–Crippen LogP) is 3.16. The molecule has 0 bridgehead atoms. The molecule has 14 heavy (non-hydrogen) atoms. The topological polar surface area (TPSA) is 9.23 Å². The molecular weight excluding hydrogens is 172 g/mol. The molecular formula is C13H11O. The molecule has 0 N–H and O–H groups in total. The van der Waals surface area contributed by atoms with Gasteiger partial charge in [-0.3, -0.25) is 0 Å². The van der Waals surface area contributed by atoms with Crippen LogP contribution in [-0.4, -0.2) is 7.11 Å². The molecule has 0 atom stereocenters. The quantitative estimate of drug-likeness (QED) is 0.694. The first-order valence-corrected chi connectivity index (χ1v) is 4.51. The molecule has 0 saturated heterocycles. The molecule has 0 saturated carbocycles. The second-order valence-corrected chi connectivity index (χ2v) is 2.99. The van der Waals surface area contributed by atoms with Crippen molar-refractivity contribution in [2.45, 2.75) is 0 Å². The Balaban J connectivity index is 2.51. The van der Waals surface area contributed by atoms with E-state index < -0.39 is 0 Å². The van der Waals surface area contributed by atoms with E-state index >= 15 is 0 Å². The summed E-state index contributed by atoms with van der Waals surface area (Å²) in [6, 6.07) is 18.9. The van der Waals surface area contributed by atoms with Crippen molar-refractivity contribution in [3.8, 4) is 16.9 Å². The molecule has 1 radical (unpaired) electrons. The molecule has 0 spiro atoms. The summed E-state index contributed by atoms with van der Waals surface area (Å²) < 4.78 is 5.29. The fraction of sp³-hybridized carbons (Fsp3) is 0.0769. The number of methoxy groups -OCH3 is 1. The van der Waals surface area contributed by atoms with Gasteiger partial charge in [0.25, 0.3) is 0 Å². The molecule has 0 aromatic heterocycles. The first-order chi connectivity index (χ1) is 6.92. The summed E-state index contributed by atoms with van der Waals surface area (Å²) in [5, 5.41) is 0. The van der Waals surface area contributed by atoms with E-state index in [1.54, 1.807) is 7.11 Å². The van der Waals surface area contributed by atoms with E-state index in [9.17, 15) is 0 Å². The van der Waals surface area contributed by atoms with E-state index in [-0.39, 0.29) is 0 Å². The molecule has 1 nitrogen and oxygen atoms in total. The second-order valence-electron chi connectivity index (χ2n) is 2.99. The Labute approximate surface area is 84.0 Å². The van der Waals surface area contributed by atoms with Gasteiger partial charge in [-0.25, -0.2) is 0 Å². The highest BCUT2D eigenvalue weighted by Gasteiger charge is 2.02. The average molecular weight is 183 g/mol. The van der Waals surface area contributed by atoms with E-state index in [1.807, 2.05) is 48.5 Å². The van der Waals surface area contributed by atoms with E-state index in [4.69, 9.17) is 4.74 Å². The van der Waals surface area contributed by atoms with Crippen LogP contribution in [0.4, 0.5) is 0 Å². The molecule has 2 aromatic rings. The van der Waals surface area contributed by atoms with Crippen LogP contribution in [0.15, 0.2) is 48.5 Å². The number of hydrogen-bond acceptors (Lipinski definition) is 1. The van der Waals surface area contributed by atoms with Crippen molar-refractivity contribution >= 4 is 0 Å². The van der Waals surface area contributed by atoms with Gasteiger partial charge in [-0.05, 0) is 23.8 Å². The largest absolute Gasteiger partial charge is 0.496 e. The van der Waals surface area contributed by atoms with E-state index in [2.05, 4.69) is 6.07 Å². The van der Waals surface area contributed by atoms with Gasteiger partial charge in [0.15, 0.2) is 0 Å². The minimum Gasteiger partial charge on any atom is -0.496 e. The molecule has 0 aliphatic heterocycles. The molecule has 0 amide bonds. The van der Waals surface area contributed by atoms with Crippen LogP contribution in [0.3, 0.4) is 0 Å². The van der Waals surface area contributed by atoms with Gasteiger partial charge in [-0.15, -0.1) is 0 Å². The SMILES string of the molecule is COc1ccccc1-c1c[c]ccc1. The van der Waals surface area contributed by atoms with Crippen LogP contribution in [0.5, 0.6) is 5.75 Å². The number of ether oxygens (including phenoxy) is 1. The van der Waals surface area contributed by atoms with Gasteiger partial charge in [-0.1, -0.05) is 36.4 Å². The third-order valence-electron chi connectivity index (χ3n) is 2.13. The highest BCUT2D eigenvalue weighted by molar-refractivity contribution is 5.69. The fourth-order valence-corrected chi connectivity index (χ4v) is 1.44. The number of hydrogen-bond donors (Lipinski definition) is 0. The zero-order chi connectivity index (χ0) is 9.80. The highest BCUT2D eigenvalue weighted by Crippen LogP contribution is 2.28. The second kappa shape index (κ2) is 3.97. The van der Waals surface area contributed by atoms with E-state index in [1.165, 1.54) is 0 Å². The van der Waals surface area contributed by atoms with Gasteiger partial charge in [0.2, 0.25) is 0 Å². The van der Waals surface area contributed by atoms with Crippen LogP contribution >= 0.6 is 0 Å². The molecule has 0 aliphatic carbocycles. The van der Waals surface area contributed by atoms with Crippen molar-refractivity contribution in [2.24, 2.45) is 0 Å². The number of benzene rings is 2. The Morgan fingerprint density at radius 1 is 1.07 bits per heavy atom. The summed E-state index contributed by atoms with van der Waals surface area (Å²) in [5.74, 6) is 0.895. The summed E-state index contributed by atoms with van der Waals surface area (Å²) in [5.41, 5.74) is 2.23. The van der Waals surface area contributed by atoms with Crippen LogP contribution in [0.1, 0.15) is 0 Å². The molecule has 0 fully saturated rings. The van der Waals surface area contributed by atoms with E-state index in [0.29, 0.717) is 0 Å². The van der Waals surface area contributed by atoms with Crippen LogP contribution in [0.25, 0.3) is 11.1 Å². The lowest BCUT2D eigenvalue weighted by Crippen LogP contribution is -1.86. The maximum atomic E-state index is 5.29. The Bertz CT molecular complexity index is 407. The van der Waals surface area contributed by atoms with Crippen LogP contribution in [-0.2, 0) is 0 Å². The first-order valence-electron chi connectivity index (χ1n) is 4.51. The maximum absolute atomic E-state index is 5.29. The van der Waals surface area contributed by atoms with Gasteiger partial charge in [0.1, 0.15) is 5.75 Å². The van der Waals surface area contributed by atoms with Crippen molar-refractivity contribution in [1.29, 1.82) is 0 Å². The number of para-hydroxylation sites is 1. The lowest BCUT2D eigenvalue weighted by atomic mass is 10.1. The monoisotopic (exact) mass is 183 g/mol. The zero-order valence-electron chi connectivity index (χ0n) is 8.03. The van der Waals surface area contributed by atoms with Gasteiger partial charge < -0.3 is 4.74 Å². The summed E-state index contributed by atoms with van der Waals surface area (Å²) in [6.07, 6.45) is 0. The number of rotatable bonds is 2. The molecule has 2 rings (SSSR count). The van der Waals surface area contributed by atoms with Crippen molar-refractivity contribution in [3.63, 3.8) is 0 Å². The first kappa shape index (κ1) is 8.82. The Kier molecular flexibility index (Phi) is 2.50. The van der Waals surface area contributed by atoms with Gasteiger partial charge in [0.05, 0.1) is 7.11 Å².